The van der Waals surface area contributed by atoms with E-state index in [1.54, 1.807) is 0 Å². The Balaban J connectivity index is 3.82. The third-order valence-electron chi connectivity index (χ3n) is 2.84. The van der Waals surface area contributed by atoms with Gasteiger partial charge in [0.2, 0.25) is 5.91 Å². The molecule has 0 aliphatic heterocycles. The molecule has 0 saturated heterocycles. The standard InChI is InChI=1S/C12H25ClN2O/c1-4-14(5-2)10-7-11-15(6-3)12(16)8-9-13/h4-11H2,1-3H3. The van der Waals surface area contributed by atoms with Crippen LogP contribution in [0.2, 0.25) is 0 Å². The Bertz CT molecular complexity index is 184. The van der Waals surface area contributed by atoms with Crippen LogP contribution in [0.5, 0.6) is 0 Å². The van der Waals surface area contributed by atoms with Gasteiger partial charge in [-0.1, -0.05) is 13.8 Å². The largest absolute Gasteiger partial charge is 0.343 e. The van der Waals surface area contributed by atoms with E-state index < -0.39 is 0 Å². The molecular formula is C12H25ClN2O. The highest BCUT2D eigenvalue weighted by molar-refractivity contribution is 6.18. The van der Waals surface area contributed by atoms with Crippen LogP contribution in [0.3, 0.4) is 0 Å². The van der Waals surface area contributed by atoms with Gasteiger partial charge < -0.3 is 9.80 Å². The number of hydrogen-bond acceptors (Lipinski definition) is 2. The molecule has 0 aromatic rings. The zero-order valence-corrected chi connectivity index (χ0v) is 11.6. The average molecular weight is 249 g/mol. The molecule has 0 saturated carbocycles. The van der Waals surface area contributed by atoms with Crippen LogP contribution in [-0.2, 0) is 4.79 Å². The molecule has 0 aromatic heterocycles. The van der Waals surface area contributed by atoms with Crippen molar-refractivity contribution >= 4 is 17.5 Å². The Hall–Kier alpha value is -0.280. The van der Waals surface area contributed by atoms with Gasteiger partial charge in [-0.25, -0.2) is 0 Å². The van der Waals surface area contributed by atoms with Gasteiger partial charge in [0.1, 0.15) is 0 Å². The molecule has 3 nitrogen and oxygen atoms in total. The van der Waals surface area contributed by atoms with Crippen molar-refractivity contribution in [3.8, 4) is 0 Å². The van der Waals surface area contributed by atoms with Crippen LogP contribution >= 0.6 is 11.6 Å². The van der Waals surface area contributed by atoms with Gasteiger partial charge in [-0.15, -0.1) is 11.6 Å². The van der Waals surface area contributed by atoms with Crippen molar-refractivity contribution in [2.45, 2.75) is 33.6 Å². The number of amides is 1. The molecule has 0 bridgehead atoms. The summed E-state index contributed by atoms with van der Waals surface area (Å²) in [5, 5.41) is 0. The molecule has 1 amide bonds. The molecule has 0 aliphatic rings. The first-order chi connectivity index (χ1) is 7.69. The van der Waals surface area contributed by atoms with Gasteiger partial charge >= 0.3 is 0 Å². The predicted octanol–water partition coefficient (Wildman–Crippen LogP) is 2.20. The monoisotopic (exact) mass is 248 g/mol. The summed E-state index contributed by atoms with van der Waals surface area (Å²) in [6, 6.07) is 0. The fraction of sp³-hybridized carbons (Fsp3) is 0.917. The number of carbonyl (C=O) groups is 1. The summed E-state index contributed by atoms with van der Waals surface area (Å²) in [5.41, 5.74) is 0. The Morgan fingerprint density at radius 1 is 1.06 bits per heavy atom. The summed E-state index contributed by atoms with van der Waals surface area (Å²) in [4.78, 5) is 15.9. The summed E-state index contributed by atoms with van der Waals surface area (Å²) in [5.74, 6) is 0.600. The normalized spacial score (nSPS) is 10.8. The molecule has 0 fully saturated rings. The van der Waals surface area contributed by atoms with Gasteiger partial charge in [-0.05, 0) is 33.0 Å². The van der Waals surface area contributed by atoms with E-state index in [1.807, 2.05) is 11.8 Å². The minimum Gasteiger partial charge on any atom is -0.343 e. The Morgan fingerprint density at radius 3 is 2.12 bits per heavy atom. The van der Waals surface area contributed by atoms with E-state index in [-0.39, 0.29) is 5.91 Å². The van der Waals surface area contributed by atoms with E-state index in [9.17, 15) is 4.79 Å². The van der Waals surface area contributed by atoms with E-state index in [1.165, 1.54) is 0 Å². The average Bonchev–Trinajstić information content (AvgIpc) is 2.30. The number of halogens is 1. The van der Waals surface area contributed by atoms with Crippen LogP contribution in [0.4, 0.5) is 0 Å². The number of carbonyl (C=O) groups excluding carboxylic acids is 1. The lowest BCUT2D eigenvalue weighted by Crippen LogP contribution is -2.34. The van der Waals surface area contributed by atoms with E-state index in [0.29, 0.717) is 12.3 Å². The number of alkyl halides is 1. The SMILES string of the molecule is CCN(CC)CCCN(CC)C(=O)CCCl. The minimum absolute atomic E-state index is 0.178. The summed E-state index contributed by atoms with van der Waals surface area (Å²) < 4.78 is 0. The molecule has 0 aliphatic carbocycles. The van der Waals surface area contributed by atoms with E-state index >= 15 is 0 Å². The van der Waals surface area contributed by atoms with Crippen LogP contribution in [0.25, 0.3) is 0 Å². The topological polar surface area (TPSA) is 23.6 Å². The molecule has 0 rings (SSSR count). The molecule has 0 heterocycles. The maximum atomic E-state index is 11.6. The minimum atomic E-state index is 0.178. The predicted molar refractivity (Wildman–Crippen MR) is 70.0 cm³/mol. The van der Waals surface area contributed by atoms with Crippen molar-refractivity contribution in [3.05, 3.63) is 0 Å². The van der Waals surface area contributed by atoms with Crippen LogP contribution in [-0.4, -0.2) is 54.3 Å². The van der Waals surface area contributed by atoms with Crippen molar-refractivity contribution in [3.63, 3.8) is 0 Å². The van der Waals surface area contributed by atoms with Crippen molar-refractivity contribution < 1.29 is 4.79 Å². The van der Waals surface area contributed by atoms with Gasteiger partial charge in [0.05, 0.1) is 0 Å². The second-order valence-electron chi connectivity index (χ2n) is 3.79. The Kier molecular flexibility index (Phi) is 9.74. The number of hydrogen-bond donors (Lipinski definition) is 0. The van der Waals surface area contributed by atoms with E-state index in [0.717, 1.165) is 39.1 Å². The van der Waals surface area contributed by atoms with Crippen LogP contribution in [0.1, 0.15) is 33.6 Å². The fourth-order valence-electron chi connectivity index (χ4n) is 1.72. The molecule has 4 heteroatoms. The van der Waals surface area contributed by atoms with Crippen LogP contribution in [0, 0.1) is 0 Å². The summed E-state index contributed by atoms with van der Waals surface area (Å²) in [7, 11) is 0. The van der Waals surface area contributed by atoms with Crippen molar-refractivity contribution in [1.82, 2.24) is 9.80 Å². The first-order valence-corrected chi connectivity index (χ1v) is 6.79. The lowest BCUT2D eigenvalue weighted by Gasteiger charge is -2.23. The molecule has 0 spiro atoms. The van der Waals surface area contributed by atoms with E-state index in [4.69, 9.17) is 11.6 Å². The lowest BCUT2D eigenvalue weighted by molar-refractivity contribution is -0.130. The van der Waals surface area contributed by atoms with Gasteiger partial charge in [0.15, 0.2) is 0 Å². The highest BCUT2D eigenvalue weighted by Gasteiger charge is 2.10. The van der Waals surface area contributed by atoms with Crippen molar-refractivity contribution in [2.75, 3.05) is 38.6 Å². The fourth-order valence-corrected chi connectivity index (χ4v) is 1.88. The molecule has 0 radical (unpaired) electrons. The summed E-state index contributed by atoms with van der Waals surface area (Å²) >= 11 is 5.57. The highest BCUT2D eigenvalue weighted by Crippen LogP contribution is 1.99. The third-order valence-corrected chi connectivity index (χ3v) is 3.03. The zero-order chi connectivity index (χ0) is 12.4. The molecule has 16 heavy (non-hydrogen) atoms. The van der Waals surface area contributed by atoms with E-state index in [2.05, 4.69) is 18.7 Å². The maximum Gasteiger partial charge on any atom is 0.223 e. The molecule has 0 aromatic carbocycles. The van der Waals surface area contributed by atoms with Crippen LogP contribution in [0.15, 0.2) is 0 Å². The molecule has 96 valence electrons. The highest BCUT2D eigenvalue weighted by atomic mass is 35.5. The first-order valence-electron chi connectivity index (χ1n) is 6.25. The first kappa shape index (κ1) is 15.7. The van der Waals surface area contributed by atoms with Gasteiger partial charge in [0, 0.05) is 25.4 Å². The van der Waals surface area contributed by atoms with Gasteiger partial charge in [-0.2, -0.15) is 0 Å². The quantitative estimate of drug-likeness (QED) is 0.584. The maximum absolute atomic E-state index is 11.6. The smallest absolute Gasteiger partial charge is 0.223 e. The van der Waals surface area contributed by atoms with Gasteiger partial charge in [-0.3, -0.25) is 4.79 Å². The van der Waals surface area contributed by atoms with Crippen LogP contribution < -0.4 is 0 Å². The second-order valence-corrected chi connectivity index (χ2v) is 4.17. The zero-order valence-electron chi connectivity index (χ0n) is 10.8. The number of nitrogens with zero attached hydrogens (tertiary/aromatic N) is 2. The molecular weight excluding hydrogens is 224 g/mol. The summed E-state index contributed by atoms with van der Waals surface area (Å²) in [6.45, 7) is 11.2. The number of rotatable bonds is 9. The van der Waals surface area contributed by atoms with Crippen molar-refractivity contribution in [2.24, 2.45) is 0 Å². The second kappa shape index (κ2) is 9.91. The lowest BCUT2D eigenvalue weighted by atomic mass is 10.3. The molecule has 0 atom stereocenters. The van der Waals surface area contributed by atoms with Crippen molar-refractivity contribution in [1.29, 1.82) is 0 Å². The molecule has 0 unspecified atom stereocenters. The van der Waals surface area contributed by atoms with Gasteiger partial charge in [0.25, 0.3) is 0 Å². The summed E-state index contributed by atoms with van der Waals surface area (Å²) in [6.07, 6.45) is 1.50. The third kappa shape index (κ3) is 6.33. The Morgan fingerprint density at radius 2 is 1.69 bits per heavy atom. The Labute approximate surface area is 105 Å². The molecule has 0 N–H and O–H groups in total.